The number of thiophene rings is 1. The van der Waals surface area contributed by atoms with Crippen LogP contribution in [0.4, 0.5) is 0 Å². The van der Waals surface area contributed by atoms with Crippen molar-refractivity contribution in [2.24, 2.45) is 0 Å². The van der Waals surface area contributed by atoms with Gasteiger partial charge in [-0.2, -0.15) is 0 Å². The number of nitrogens with zero attached hydrogens (tertiary/aromatic N) is 3. The van der Waals surface area contributed by atoms with Gasteiger partial charge in [-0.15, -0.1) is 22.9 Å². The molecule has 3 heterocycles. The standard InChI is InChI=1S/C14H13Cl2N3S/c1-9(12-2-3-13(16)20-12)19-11-5-7-17-8-10(11)18-14(19)4-6-15/h2-3,5,7-9H,4,6H2,1H3. The minimum absolute atomic E-state index is 0.179. The Hall–Kier alpha value is -1.10. The van der Waals surface area contributed by atoms with Crippen LogP contribution in [0.2, 0.25) is 4.34 Å². The molecule has 6 heteroatoms. The van der Waals surface area contributed by atoms with E-state index in [1.165, 1.54) is 4.88 Å². The fraction of sp³-hybridized carbons (Fsp3) is 0.286. The predicted octanol–water partition coefficient (Wildman–Crippen LogP) is 4.54. The van der Waals surface area contributed by atoms with Gasteiger partial charge in [0.05, 0.1) is 22.1 Å². The molecule has 0 bridgehead atoms. The number of aryl methyl sites for hydroxylation is 1. The second kappa shape index (κ2) is 5.72. The number of hydrogen-bond acceptors (Lipinski definition) is 3. The number of fused-ring (bicyclic) bond motifs is 1. The summed E-state index contributed by atoms with van der Waals surface area (Å²) in [6.07, 6.45) is 4.32. The minimum atomic E-state index is 0.179. The Bertz CT molecular complexity index is 735. The van der Waals surface area contributed by atoms with Gasteiger partial charge in [0, 0.05) is 23.4 Å². The van der Waals surface area contributed by atoms with Crippen molar-refractivity contribution in [1.82, 2.24) is 14.5 Å². The van der Waals surface area contributed by atoms with E-state index in [4.69, 9.17) is 23.2 Å². The summed E-state index contributed by atoms with van der Waals surface area (Å²) in [6.45, 7) is 2.15. The first-order valence-electron chi connectivity index (χ1n) is 6.32. The Balaban J connectivity index is 2.15. The van der Waals surface area contributed by atoms with E-state index in [2.05, 4.69) is 27.5 Å². The second-order valence-electron chi connectivity index (χ2n) is 4.52. The maximum absolute atomic E-state index is 6.05. The number of pyridine rings is 1. The van der Waals surface area contributed by atoms with Gasteiger partial charge in [-0.3, -0.25) is 4.98 Å². The summed E-state index contributed by atoms with van der Waals surface area (Å²) in [6, 6.07) is 6.17. The fourth-order valence-electron chi connectivity index (χ4n) is 2.37. The van der Waals surface area contributed by atoms with Crippen molar-refractivity contribution >= 4 is 45.6 Å². The van der Waals surface area contributed by atoms with E-state index in [0.29, 0.717) is 5.88 Å². The van der Waals surface area contributed by atoms with Crippen LogP contribution in [0.5, 0.6) is 0 Å². The predicted molar refractivity (Wildman–Crippen MR) is 85.1 cm³/mol. The number of alkyl halides is 1. The molecular weight excluding hydrogens is 313 g/mol. The van der Waals surface area contributed by atoms with Gasteiger partial charge >= 0.3 is 0 Å². The van der Waals surface area contributed by atoms with Crippen LogP contribution in [0.1, 0.15) is 23.7 Å². The van der Waals surface area contributed by atoms with E-state index in [1.54, 1.807) is 23.7 Å². The van der Waals surface area contributed by atoms with E-state index in [1.807, 2.05) is 12.1 Å². The normalized spacial score (nSPS) is 12.9. The van der Waals surface area contributed by atoms with Gasteiger partial charge in [-0.25, -0.2) is 4.98 Å². The van der Waals surface area contributed by atoms with Crippen LogP contribution >= 0.6 is 34.5 Å². The molecule has 0 fully saturated rings. The molecule has 0 aliphatic carbocycles. The molecule has 0 radical (unpaired) electrons. The average Bonchev–Trinajstić information content (AvgIpc) is 3.02. The zero-order valence-electron chi connectivity index (χ0n) is 10.9. The van der Waals surface area contributed by atoms with Gasteiger partial charge in [0.2, 0.25) is 0 Å². The van der Waals surface area contributed by atoms with Crippen molar-refractivity contribution in [2.45, 2.75) is 19.4 Å². The lowest BCUT2D eigenvalue weighted by molar-refractivity contribution is 0.633. The van der Waals surface area contributed by atoms with Crippen LogP contribution in [0.3, 0.4) is 0 Å². The molecule has 1 unspecified atom stereocenters. The maximum Gasteiger partial charge on any atom is 0.111 e. The van der Waals surface area contributed by atoms with E-state index < -0.39 is 0 Å². The molecule has 0 aliphatic heterocycles. The molecule has 20 heavy (non-hydrogen) atoms. The van der Waals surface area contributed by atoms with Crippen molar-refractivity contribution in [3.8, 4) is 0 Å². The van der Waals surface area contributed by atoms with Crippen LogP contribution in [0.25, 0.3) is 11.0 Å². The van der Waals surface area contributed by atoms with Crippen LogP contribution in [0.15, 0.2) is 30.6 Å². The summed E-state index contributed by atoms with van der Waals surface area (Å²) < 4.78 is 3.03. The SMILES string of the molecule is CC(c1ccc(Cl)s1)n1c(CCCl)nc2cnccc21. The summed E-state index contributed by atoms with van der Waals surface area (Å²) in [5.74, 6) is 1.54. The molecule has 1 atom stereocenters. The van der Waals surface area contributed by atoms with Crippen LogP contribution < -0.4 is 0 Å². The van der Waals surface area contributed by atoms with Crippen molar-refractivity contribution in [1.29, 1.82) is 0 Å². The molecule has 3 nitrogen and oxygen atoms in total. The quantitative estimate of drug-likeness (QED) is 0.659. The largest absolute Gasteiger partial charge is 0.320 e. The summed E-state index contributed by atoms with van der Waals surface area (Å²) in [5.41, 5.74) is 1.99. The van der Waals surface area contributed by atoms with E-state index >= 15 is 0 Å². The summed E-state index contributed by atoms with van der Waals surface area (Å²) >= 11 is 13.5. The topological polar surface area (TPSA) is 30.7 Å². The Morgan fingerprint density at radius 3 is 2.90 bits per heavy atom. The summed E-state index contributed by atoms with van der Waals surface area (Å²) in [5, 5.41) is 0. The van der Waals surface area contributed by atoms with Crippen LogP contribution in [0, 0.1) is 0 Å². The molecule has 0 amide bonds. The Morgan fingerprint density at radius 1 is 1.35 bits per heavy atom. The van der Waals surface area contributed by atoms with Crippen molar-refractivity contribution in [2.75, 3.05) is 5.88 Å². The highest BCUT2D eigenvalue weighted by atomic mass is 35.5. The number of halogens is 2. The highest BCUT2D eigenvalue weighted by Crippen LogP contribution is 2.32. The second-order valence-corrected chi connectivity index (χ2v) is 6.64. The van der Waals surface area contributed by atoms with Gasteiger partial charge in [0.1, 0.15) is 11.3 Å². The molecule has 3 aromatic rings. The van der Waals surface area contributed by atoms with Gasteiger partial charge < -0.3 is 4.57 Å². The molecule has 3 rings (SSSR count). The number of hydrogen-bond donors (Lipinski definition) is 0. The lowest BCUT2D eigenvalue weighted by Crippen LogP contribution is -2.10. The van der Waals surface area contributed by atoms with Crippen molar-refractivity contribution in [3.63, 3.8) is 0 Å². The van der Waals surface area contributed by atoms with Gasteiger partial charge in [0.15, 0.2) is 0 Å². The molecule has 3 aromatic heterocycles. The van der Waals surface area contributed by atoms with E-state index in [9.17, 15) is 0 Å². The maximum atomic E-state index is 6.05. The van der Waals surface area contributed by atoms with Gasteiger partial charge in [-0.05, 0) is 25.1 Å². The number of aromatic nitrogens is 3. The molecule has 0 N–H and O–H groups in total. The average molecular weight is 326 g/mol. The van der Waals surface area contributed by atoms with Gasteiger partial charge in [-0.1, -0.05) is 11.6 Å². The smallest absolute Gasteiger partial charge is 0.111 e. The van der Waals surface area contributed by atoms with Gasteiger partial charge in [0.25, 0.3) is 0 Å². The third-order valence-corrected chi connectivity index (χ3v) is 4.87. The van der Waals surface area contributed by atoms with Crippen LogP contribution in [-0.4, -0.2) is 20.4 Å². The zero-order valence-corrected chi connectivity index (χ0v) is 13.2. The first-order valence-corrected chi connectivity index (χ1v) is 8.05. The monoisotopic (exact) mass is 325 g/mol. The van der Waals surface area contributed by atoms with E-state index in [-0.39, 0.29) is 6.04 Å². The highest BCUT2D eigenvalue weighted by molar-refractivity contribution is 7.16. The summed E-state index contributed by atoms with van der Waals surface area (Å²) in [7, 11) is 0. The molecular formula is C14H13Cl2N3S. The molecule has 104 valence electrons. The molecule has 0 saturated heterocycles. The van der Waals surface area contributed by atoms with Crippen molar-refractivity contribution in [3.05, 3.63) is 45.6 Å². The molecule has 0 aromatic carbocycles. The lowest BCUT2D eigenvalue weighted by atomic mass is 10.2. The van der Waals surface area contributed by atoms with Crippen molar-refractivity contribution < 1.29 is 0 Å². The lowest BCUT2D eigenvalue weighted by Gasteiger charge is -2.16. The third kappa shape index (κ3) is 2.43. The Kier molecular flexibility index (Phi) is 3.96. The third-order valence-electron chi connectivity index (χ3n) is 3.28. The minimum Gasteiger partial charge on any atom is -0.320 e. The fourth-order valence-corrected chi connectivity index (χ4v) is 3.65. The first kappa shape index (κ1) is 13.9. The molecule has 0 saturated carbocycles. The molecule has 0 aliphatic rings. The number of rotatable bonds is 4. The summed E-state index contributed by atoms with van der Waals surface area (Å²) in [4.78, 5) is 9.99. The number of imidazole rings is 1. The van der Waals surface area contributed by atoms with E-state index in [0.717, 1.165) is 27.6 Å². The first-order chi connectivity index (χ1) is 9.70. The highest BCUT2D eigenvalue weighted by Gasteiger charge is 2.18. The zero-order chi connectivity index (χ0) is 14.1. The molecule has 0 spiro atoms. The van der Waals surface area contributed by atoms with Crippen LogP contribution in [-0.2, 0) is 6.42 Å². The Labute approximate surface area is 131 Å². The Morgan fingerprint density at radius 2 is 2.20 bits per heavy atom.